The molecule has 0 saturated heterocycles. The molecule has 0 radical (unpaired) electrons. The Morgan fingerprint density at radius 1 is 0.771 bits per heavy atom. The van der Waals surface area contributed by atoms with Gasteiger partial charge in [-0.15, -0.1) is 0 Å². The summed E-state index contributed by atoms with van der Waals surface area (Å²) >= 11 is 0. The SMILES string of the molecule is Cc1cc(C)c([S+](c2ccccc2)c2ccccc2)c(C)c1.O=S(=O)([O-])C(F)(F)C(F)(F)C(F)F. The third-order valence-electron chi connectivity index (χ3n) is 4.74. The normalized spacial score (nSPS) is 12.5. The zero-order chi connectivity index (χ0) is 26.6. The molecule has 0 bridgehead atoms. The van der Waals surface area contributed by atoms with Gasteiger partial charge in [0.05, 0.1) is 10.9 Å². The molecule has 0 amide bonds. The lowest BCUT2D eigenvalue weighted by molar-refractivity contribution is -0.227. The lowest BCUT2D eigenvalue weighted by atomic mass is 10.1. The van der Waals surface area contributed by atoms with Gasteiger partial charge in [-0.25, -0.2) is 17.2 Å². The molecule has 0 aliphatic rings. The van der Waals surface area contributed by atoms with E-state index < -0.39 is 27.7 Å². The van der Waals surface area contributed by atoms with Crippen LogP contribution in [-0.4, -0.2) is 30.6 Å². The van der Waals surface area contributed by atoms with Crippen molar-refractivity contribution in [2.24, 2.45) is 0 Å². The summed E-state index contributed by atoms with van der Waals surface area (Å²) in [5.74, 6) is -6.19. The second-order valence-corrected chi connectivity index (χ2v) is 10.9. The summed E-state index contributed by atoms with van der Waals surface area (Å²) in [6.07, 6.45) is -4.94. The highest BCUT2D eigenvalue weighted by Gasteiger charge is 2.67. The van der Waals surface area contributed by atoms with E-state index in [-0.39, 0.29) is 10.9 Å². The van der Waals surface area contributed by atoms with Crippen LogP contribution in [0.3, 0.4) is 0 Å². The van der Waals surface area contributed by atoms with Crippen molar-refractivity contribution in [3.8, 4) is 0 Å². The summed E-state index contributed by atoms with van der Waals surface area (Å²) in [4.78, 5) is 4.22. The van der Waals surface area contributed by atoms with E-state index in [4.69, 9.17) is 0 Å². The molecular formula is C24H22F6O3S2. The highest BCUT2D eigenvalue weighted by molar-refractivity contribution is 7.97. The van der Waals surface area contributed by atoms with Crippen LogP contribution in [0.2, 0.25) is 0 Å². The van der Waals surface area contributed by atoms with E-state index >= 15 is 0 Å². The van der Waals surface area contributed by atoms with Gasteiger partial charge in [-0.05, 0) is 45.0 Å². The fraction of sp³-hybridized carbons (Fsp3) is 0.250. The Labute approximate surface area is 202 Å². The molecule has 3 aromatic carbocycles. The summed E-state index contributed by atoms with van der Waals surface area (Å²) in [6, 6.07) is 26.3. The second kappa shape index (κ2) is 11.0. The first kappa shape index (κ1) is 28.7. The van der Waals surface area contributed by atoms with Crippen LogP contribution in [0.4, 0.5) is 26.3 Å². The number of rotatable bonds is 6. The molecular weight excluding hydrogens is 514 g/mol. The van der Waals surface area contributed by atoms with Gasteiger partial charge >= 0.3 is 17.6 Å². The lowest BCUT2D eigenvalue weighted by Crippen LogP contribution is -2.51. The van der Waals surface area contributed by atoms with E-state index in [0.29, 0.717) is 0 Å². The smallest absolute Gasteiger partial charge is 0.402 e. The molecule has 0 atom stereocenters. The molecule has 0 heterocycles. The van der Waals surface area contributed by atoms with Crippen molar-refractivity contribution >= 4 is 21.0 Å². The average Bonchev–Trinajstić information content (AvgIpc) is 2.76. The van der Waals surface area contributed by atoms with Crippen LogP contribution in [0.15, 0.2) is 87.5 Å². The van der Waals surface area contributed by atoms with Gasteiger partial charge in [0.1, 0.15) is 0 Å². The van der Waals surface area contributed by atoms with E-state index in [1.807, 2.05) is 0 Å². The lowest BCUT2D eigenvalue weighted by Gasteiger charge is -2.27. The van der Waals surface area contributed by atoms with Crippen LogP contribution < -0.4 is 0 Å². The van der Waals surface area contributed by atoms with E-state index in [9.17, 15) is 39.3 Å². The molecule has 0 aliphatic heterocycles. The van der Waals surface area contributed by atoms with E-state index in [0.717, 1.165) is 0 Å². The zero-order valence-corrected chi connectivity index (χ0v) is 20.4. The number of benzene rings is 3. The van der Waals surface area contributed by atoms with Crippen molar-refractivity contribution in [3.05, 3.63) is 89.5 Å². The number of halogens is 6. The first-order valence-corrected chi connectivity index (χ1v) is 12.7. The molecule has 35 heavy (non-hydrogen) atoms. The molecule has 0 N–H and O–H groups in total. The third kappa shape index (κ3) is 6.39. The first-order valence-electron chi connectivity index (χ1n) is 10.0. The Morgan fingerprint density at radius 2 is 1.14 bits per heavy atom. The summed E-state index contributed by atoms with van der Waals surface area (Å²) < 4.78 is 98.0. The van der Waals surface area contributed by atoms with Crippen LogP contribution >= 0.6 is 0 Å². The highest BCUT2D eigenvalue weighted by atomic mass is 32.2. The quantitative estimate of drug-likeness (QED) is 0.199. The van der Waals surface area contributed by atoms with Gasteiger partial charge in [0.15, 0.2) is 24.8 Å². The Morgan fingerprint density at radius 3 is 1.43 bits per heavy atom. The monoisotopic (exact) mass is 536 g/mol. The summed E-state index contributed by atoms with van der Waals surface area (Å²) in [7, 11) is -6.86. The summed E-state index contributed by atoms with van der Waals surface area (Å²) in [5.41, 5.74) is 4.10. The number of aryl methyl sites for hydroxylation is 3. The Bertz CT molecular complexity index is 1170. The fourth-order valence-electron chi connectivity index (χ4n) is 3.27. The van der Waals surface area contributed by atoms with Gasteiger partial charge in [-0.1, -0.05) is 54.1 Å². The standard InChI is InChI=1S/C21H21S.C3H2F6O3S/c1-16-14-17(2)21(18(3)15-16)22(19-10-6-4-7-11-19)20-12-8-5-9-13-20;4-1(5)2(6,7)3(8,9)13(10,11)12/h4-15H,1-3H3;1H,(H,10,11,12)/q+1;/p-1. The topological polar surface area (TPSA) is 57.2 Å². The predicted molar refractivity (Wildman–Crippen MR) is 121 cm³/mol. The van der Waals surface area contributed by atoms with Crippen LogP contribution in [0, 0.1) is 20.8 Å². The summed E-state index contributed by atoms with van der Waals surface area (Å²) in [5, 5.41) is -6.31. The molecule has 190 valence electrons. The molecule has 3 aromatic rings. The Balaban J connectivity index is 0.000000287. The number of alkyl halides is 6. The zero-order valence-electron chi connectivity index (χ0n) is 18.8. The average molecular weight is 537 g/mol. The maximum Gasteiger partial charge on any atom is 0.402 e. The maximum absolute atomic E-state index is 11.8. The second-order valence-electron chi connectivity index (χ2n) is 7.55. The molecule has 0 fully saturated rings. The minimum Gasteiger partial charge on any atom is -0.743 e. The molecule has 0 unspecified atom stereocenters. The van der Waals surface area contributed by atoms with Crippen molar-refractivity contribution in [1.82, 2.24) is 0 Å². The number of hydrogen-bond acceptors (Lipinski definition) is 3. The third-order valence-corrected chi connectivity index (χ3v) is 8.18. The largest absolute Gasteiger partial charge is 0.743 e. The molecule has 3 rings (SSSR count). The van der Waals surface area contributed by atoms with Gasteiger partial charge in [0.2, 0.25) is 0 Å². The summed E-state index contributed by atoms with van der Waals surface area (Å²) in [6.45, 7) is 6.65. The van der Waals surface area contributed by atoms with Crippen molar-refractivity contribution in [1.29, 1.82) is 0 Å². The van der Waals surface area contributed by atoms with Gasteiger partial charge in [-0.2, -0.15) is 17.6 Å². The Kier molecular flexibility index (Phi) is 9.07. The van der Waals surface area contributed by atoms with Crippen LogP contribution in [-0.2, 0) is 21.0 Å². The molecule has 0 aromatic heterocycles. The number of hydrogen-bond donors (Lipinski definition) is 0. The minimum atomic E-state index is -6.82. The van der Waals surface area contributed by atoms with Gasteiger partial charge in [0, 0.05) is 11.1 Å². The van der Waals surface area contributed by atoms with Crippen LogP contribution in [0.5, 0.6) is 0 Å². The van der Waals surface area contributed by atoms with E-state index in [2.05, 4.69) is 93.6 Å². The van der Waals surface area contributed by atoms with Crippen LogP contribution in [0.25, 0.3) is 0 Å². The van der Waals surface area contributed by atoms with E-state index in [1.165, 1.54) is 31.4 Å². The van der Waals surface area contributed by atoms with Gasteiger partial charge in [0.25, 0.3) is 0 Å². The molecule has 0 saturated carbocycles. The van der Waals surface area contributed by atoms with Crippen molar-refractivity contribution in [2.45, 2.75) is 53.1 Å². The van der Waals surface area contributed by atoms with Gasteiger partial charge in [-0.3, -0.25) is 0 Å². The van der Waals surface area contributed by atoms with E-state index in [1.54, 1.807) is 0 Å². The Hall–Kier alpha value is -2.50. The van der Waals surface area contributed by atoms with Crippen LogP contribution in [0.1, 0.15) is 16.7 Å². The fourth-order valence-corrected chi connectivity index (χ4v) is 6.05. The molecule has 0 spiro atoms. The van der Waals surface area contributed by atoms with Crippen molar-refractivity contribution < 1.29 is 39.3 Å². The first-order chi connectivity index (χ1) is 16.1. The predicted octanol–water partition coefficient (Wildman–Crippen LogP) is 6.73. The molecule has 3 nitrogen and oxygen atoms in total. The maximum atomic E-state index is 11.8. The van der Waals surface area contributed by atoms with Crippen molar-refractivity contribution in [2.75, 3.05) is 0 Å². The molecule has 11 heteroatoms. The van der Waals surface area contributed by atoms with Gasteiger partial charge < -0.3 is 4.55 Å². The molecule has 0 aliphatic carbocycles. The minimum absolute atomic E-state index is 0.0460. The van der Waals surface area contributed by atoms with Crippen molar-refractivity contribution in [3.63, 3.8) is 0 Å². The highest BCUT2D eigenvalue weighted by Crippen LogP contribution is 2.42.